The van der Waals surface area contributed by atoms with Crippen molar-refractivity contribution in [2.24, 2.45) is 11.8 Å². The van der Waals surface area contributed by atoms with Crippen LogP contribution in [-0.4, -0.2) is 29.0 Å². The van der Waals surface area contributed by atoms with E-state index in [2.05, 4.69) is 15.9 Å². The molecule has 6 nitrogen and oxygen atoms in total. The van der Waals surface area contributed by atoms with Gasteiger partial charge in [0.1, 0.15) is 0 Å². The molecule has 0 N–H and O–H groups in total. The Hall–Kier alpha value is -3.42. The average molecular weight is 502 g/mol. The van der Waals surface area contributed by atoms with E-state index in [1.165, 1.54) is 0 Å². The van der Waals surface area contributed by atoms with E-state index in [1.54, 1.807) is 72.8 Å². The van der Waals surface area contributed by atoms with Crippen molar-refractivity contribution in [3.05, 3.63) is 100 Å². The van der Waals surface area contributed by atoms with E-state index in [0.29, 0.717) is 15.7 Å². The summed E-state index contributed by atoms with van der Waals surface area (Å²) in [7, 11) is 0. The maximum absolute atomic E-state index is 13.8. The third kappa shape index (κ3) is 2.52. The molecular weight excluding hydrogens is 486 g/mol. The Labute approximate surface area is 197 Å². The molecule has 1 aliphatic carbocycles. The zero-order valence-corrected chi connectivity index (χ0v) is 18.7. The Morgan fingerprint density at radius 2 is 1.30 bits per heavy atom. The number of imide groups is 1. The highest BCUT2D eigenvalue weighted by molar-refractivity contribution is 9.10. The van der Waals surface area contributed by atoms with Crippen LogP contribution in [0, 0.1) is 11.8 Å². The highest BCUT2D eigenvalue weighted by atomic mass is 79.9. The quantitative estimate of drug-likeness (QED) is 0.389. The summed E-state index contributed by atoms with van der Waals surface area (Å²) < 4.78 is 6.81. The zero-order chi connectivity index (χ0) is 22.9. The number of carbonyl (C=O) groups is 4. The van der Waals surface area contributed by atoms with Crippen LogP contribution < -0.4 is 4.90 Å². The highest BCUT2D eigenvalue weighted by Gasteiger charge is 2.74. The molecule has 0 saturated carbocycles. The van der Waals surface area contributed by atoms with Gasteiger partial charge in [-0.1, -0.05) is 66.7 Å². The lowest BCUT2D eigenvalue weighted by Gasteiger charge is -2.27. The Morgan fingerprint density at radius 3 is 1.94 bits per heavy atom. The van der Waals surface area contributed by atoms with Crippen molar-refractivity contribution >= 4 is 45.0 Å². The Bertz CT molecular complexity index is 1330. The van der Waals surface area contributed by atoms with Crippen molar-refractivity contribution in [3.8, 4) is 0 Å². The zero-order valence-electron chi connectivity index (χ0n) is 17.1. The summed E-state index contributed by atoms with van der Waals surface area (Å²) >= 11 is 3.41. The number of amides is 2. The number of halogens is 1. The van der Waals surface area contributed by atoms with Crippen LogP contribution in [-0.2, 0) is 14.3 Å². The van der Waals surface area contributed by atoms with Gasteiger partial charge in [0.05, 0.1) is 23.6 Å². The van der Waals surface area contributed by atoms with Crippen molar-refractivity contribution < 1.29 is 23.9 Å². The lowest BCUT2D eigenvalue weighted by atomic mass is 9.77. The molecule has 6 rings (SSSR count). The monoisotopic (exact) mass is 501 g/mol. The van der Waals surface area contributed by atoms with Crippen molar-refractivity contribution in [1.82, 2.24) is 0 Å². The second-order valence-corrected chi connectivity index (χ2v) is 9.21. The summed E-state index contributed by atoms with van der Waals surface area (Å²) in [6, 6.07) is 22.3. The van der Waals surface area contributed by atoms with Gasteiger partial charge in [0.15, 0.2) is 0 Å². The highest BCUT2D eigenvalue weighted by Crippen LogP contribution is 2.58. The Kier molecular flexibility index (Phi) is 4.31. The molecule has 33 heavy (non-hydrogen) atoms. The van der Waals surface area contributed by atoms with Crippen LogP contribution in [0.4, 0.5) is 5.69 Å². The first kappa shape index (κ1) is 20.2. The lowest BCUT2D eigenvalue weighted by molar-refractivity contribution is -0.127. The molecule has 0 radical (unpaired) electrons. The summed E-state index contributed by atoms with van der Waals surface area (Å²) in [6.45, 7) is 0. The molecule has 3 atom stereocenters. The number of benzene rings is 3. The average Bonchev–Trinajstić information content (AvgIpc) is 3.40. The lowest BCUT2D eigenvalue weighted by Crippen LogP contribution is -2.51. The van der Waals surface area contributed by atoms with E-state index < -0.39 is 46.9 Å². The van der Waals surface area contributed by atoms with Gasteiger partial charge < -0.3 is 4.74 Å². The van der Waals surface area contributed by atoms with Gasteiger partial charge in [0, 0.05) is 15.6 Å². The third-order valence-corrected chi connectivity index (χ3v) is 7.41. The van der Waals surface area contributed by atoms with Gasteiger partial charge in [-0.2, -0.15) is 0 Å². The fraction of sp³-hybridized carbons (Fsp3) is 0.154. The van der Waals surface area contributed by atoms with Crippen LogP contribution in [0.2, 0.25) is 0 Å². The number of nitrogens with zero attached hydrogens (tertiary/aromatic N) is 1. The smallest absolute Gasteiger partial charge is 0.241 e. The van der Waals surface area contributed by atoms with Crippen LogP contribution in [0.1, 0.15) is 32.4 Å². The first-order valence-electron chi connectivity index (χ1n) is 10.5. The Morgan fingerprint density at radius 1 is 0.727 bits per heavy atom. The molecule has 2 aliphatic heterocycles. The van der Waals surface area contributed by atoms with E-state index in [0.717, 1.165) is 4.90 Å². The minimum atomic E-state index is -2.06. The predicted octanol–water partition coefficient (Wildman–Crippen LogP) is 4.14. The van der Waals surface area contributed by atoms with E-state index in [9.17, 15) is 19.2 Å². The van der Waals surface area contributed by atoms with Gasteiger partial charge in [0.2, 0.25) is 29.0 Å². The first-order chi connectivity index (χ1) is 16.0. The van der Waals surface area contributed by atoms with Crippen molar-refractivity contribution in [3.63, 3.8) is 0 Å². The van der Waals surface area contributed by atoms with Gasteiger partial charge in [-0.05, 0) is 33.6 Å². The number of anilines is 1. The number of para-hydroxylation sites is 1. The largest absolute Gasteiger partial charge is 0.349 e. The molecule has 3 aromatic carbocycles. The second kappa shape index (κ2) is 7.04. The standard InChI is InChI=1S/C26H16BrNO5/c27-17-12-6-7-13-18(17)28-24(31)19-20(25(28)32)26(33-21(19)14-8-2-1-3-9-14)22(29)15-10-4-5-11-16(15)23(26)30/h1-13,19-21H/t19-,20-,21-/m1/s1. The second-order valence-electron chi connectivity index (χ2n) is 8.36. The van der Waals surface area contributed by atoms with Crippen LogP contribution in [0.25, 0.3) is 0 Å². The van der Waals surface area contributed by atoms with E-state index >= 15 is 0 Å². The predicted molar refractivity (Wildman–Crippen MR) is 122 cm³/mol. The van der Waals surface area contributed by atoms with Crippen LogP contribution in [0.15, 0.2) is 83.3 Å². The number of hydrogen-bond donors (Lipinski definition) is 0. The molecule has 0 aromatic heterocycles. The van der Waals surface area contributed by atoms with Crippen molar-refractivity contribution in [1.29, 1.82) is 0 Å². The fourth-order valence-electron chi connectivity index (χ4n) is 5.33. The number of fused-ring (bicyclic) bond motifs is 3. The Balaban J connectivity index is 1.57. The normalized spacial score (nSPS) is 25.1. The first-order valence-corrected chi connectivity index (χ1v) is 11.3. The van der Waals surface area contributed by atoms with Crippen LogP contribution in [0.3, 0.4) is 0 Å². The molecule has 2 heterocycles. The maximum atomic E-state index is 13.8. The van der Waals surface area contributed by atoms with Crippen molar-refractivity contribution in [2.45, 2.75) is 11.7 Å². The molecule has 1 spiro atoms. The number of rotatable bonds is 2. The number of Topliss-reactive ketones (excluding diaryl/α,β-unsaturated/α-hetero) is 2. The van der Waals surface area contributed by atoms with Gasteiger partial charge in [-0.3, -0.25) is 19.2 Å². The molecule has 2 saturated heterocycles. The summed E-state index contributed by atoms with van der Waals surface area (Å²) in [5.74, 6) is -4.48. The minimum absolute atomic E-state index is 0.217. The fourth-order valence-corrected chi connectivity index (χ4v) is 5.79. The molecule has 2 fully saturated rings. The topological polar surface area (TPSA) is 80.8 Å². The van der Waals surface area contributed by atoms with E-state index in [1.807, 2.05) is 6.07 Å². The summed E-state index contributed by atoms with van der Waals surface area (Å²) in [5, 5.41) is 0. The van der Waals surface area contributed by atoms with Gasteiger partial charge >= 0.3 is 0 Å². The molecule has 0 unspecified atom stereocenters. The summed E-state index contributed by atoms with van der Waals surface area (Å²) in [6.07, 6.45) is -0.914. The molecule has 3 aliphatic rings. The van der Waals surface area contributed by atoms with E-state index in [-0.39, 0.29) is 11.1 Å². The number of ether oxygens (including phenoxy) is 1. The SMILES string of the molecule is O=C1[C@H]2[C@@H](c3ccccc3)OC3(C(=O)c4ccccc4C3=O)[C@H]2C(=O)N1c1ccccc1Br. The molecule has 2 amide bonds. The summed E-state index contributed by atoms with van der Waals surface area (Å²) in [4.78, 5) is 56.0. The summed E-state index contributed by atoms with van der Waals surface area (Å²) in [5.41, 5.74) is -0.614. The van der Waals surface area contributed by atoms with Gasteiger partial charge in [-0.15, -0.1) is 0 Å². The van der Waals surface area contributed by atoms with Gasteiger partial charge in [-0.25, -0.2) is 4.90 Å². The maximum Gasteiger partial charge on any atom is 0.241 e. The van der Waals surface area contributed by atoms with E-state index in [4.69, 9.17) is 4.74 Å². The number of carbonyl (C=O) groups excluding carboxylic acids is 4. The van der Waals surface area contributed by atoms with Crippen LogP contribution >= 0.6 is 15.9 Å². The number of ketones is 2. The third-order valence-electron chi connectivity index (χ3n) is 6.74. The molecular formula is C26H16BrNO5. The number of hydrogen-bond acceptors (Lipinski definition) is 5. The van der Waals surface area contributed by atoms with Crippen LogP contribution in [0.5, 0.6) is 0 Å². The van der Waals surface area contributed by atoms with Crippen molar-refractivity contribution in [2.75, 3.05) is 4.90 Å². The molecule has 7 heteroatoms. The molecule has 0 bridgehead atoms. The van der Waals surface area contributed by atoms with Gasteiger partial charge in [0.25, 0.3) is 0 Å². The molecule has 3 aromatic rings. The molecule has 162 valence electrons. The minimum Gasteiger partial charge on any atom is -0.349 e.